The Balaban J connectivity index is 1.80. The van der Waals surface area contributed by atoms with Gasteiger partial charge in [0.25, 0.3) is 0 Å². The van der Waals surface area contributed by atoms with E-state index in [1.54, 1.807) is 0 Å². The van der Waals surface area contributed by atoms with Crippen molar-refractivity contribution in [3.8, 4) is 0 Å². The summed E-state index contributed by atoms with van der Waals surface area (Å²) in [6.07, 6.45) is 3.69. The molecule has 1 aliphatic heterocycles. The summed E-state index contributed by atoms with van der Waals surface area (Å²) in [6.45, 7) is 8.74. The van der Waals surface area contributed by atoms with Crippen LogP contribution in [0.5, 0.6) is 0 Å². The van der Waals surface area contributed by atoms with Gasteiger partial charge in [-0.2, -0.15) is 0 Å². The first-order valence-corrected chi connectivity index (χ1v) is 7.95. The number of likely N-dealkylation sites (tertiary alicyclic amines) is 1. The molecule has 2 atom stereocenters. The van der Waals surface area contributed by atoms with E-state index in [-0.39, 0.29) is 17.2 Å². The zero-order valence-corrected chi connectivity index (χ0v) is 13.4. The van der Waals surface area contributed by atoms with Gasteiger partial charge in [-0.25, -0.2) is 0 Å². The lowest BCUT2D eigenvalue weighted by Crippen LogP contribution is -2.40. The summed E-state index contributed by atoms with van der Waals surface area (Å²) in [6, 6.07) is 0. The van der Waals surface area contributed by atoms with E-state index >= 15 is 0 Å². The van der Waals surface area contributed by atoms with Crippen molar-refractivity contribution in [1.29, 1.82) is 0 Å². The zero-order chi connectivity index (χ0) is 15.7. The van der Waals surface area contributed by atoms with E-state index in [9.17, 15) is 14.7 Å². The minimum atomic E-state index is -0.680. The van der Waals surface area contributed by atoms with E-state index in [0.29, 0.717) is 19.6 Å². The van der Waals surface area contributed by atoms with Gasteiger partial charge in [-0.15, -0.1) is 0 Å². The van der Waals surface area contributed by atoms with Crippen LogP contribution in [-0.2, 0) is 9.59 Å². The number of rotatable bonds is 5. The van der Waals surface area contributed by atoms with Crippen LogP contribution in [0.1, 0.15) is 46.5 Å². The second kappa shape index (κ2) is 5.95. The number of aliphatic carboxylic acids is 1. The number of carboxylic acids is 1. The van der Waals surface area contributed by atoms with Crippen LogP contribution in [0.4, 0.5) is 0 Å². The maximum absolute atomic E-state index is 12.0. The summed E-state index contributed by atoms with van der Waals surface area (Å²) in [5, 5.41) is 12.5. The van der Waals surface area contributed by atoms with E-state index in [1.165, 1.54) is 0 Å². The number of nitrogens with one attached hydrogen (secondary N) is 1. The van der Waals surface area contributed by atoms with Crippen LogP contribution in [0.15, 0.2) is 0 Å². The molecule has 0 spiro atoms. The second-order valence-corrected chi connectivity index (χ2v) is 7.88. The lowest BCUT2D eigenvalue weighted by Gasteiger charge is -2.23. The van der Waals surface area contributed by atoms with Gasteiger partial charge in [-0.05, 0) is 30.6 Å². The number of fused-ring (bicyclic) bond motifs is 1. The molecule has 2 N–H and O–H groups in total. The molecule has 0 aromatic heterocycles. The molecule has 120 valence electrons. The normalized spacial score (nSPS) is 29.4. The van der Waals surface area contributed by atoms with E-state index in [2.05, 4.69) is 26.1 Å². The van der Waals surface area contributed by atoms with Crippen LogP contribution in [0, 0.1) is 16.7 Å². The Morgan fingerprint density at radius 2 is 2.10 bits per heavy atom. The summed E-state index contributed by atoms with van der Waals surface area (Å²) in [7, 11) is 0. The number of hydrogen-bond donors (Lipinski definition) is 2. The average molecular weight is 296 g/mol. The summed E-state index contributed by atoms with van der Waals surface area (Å²) < 4.78 is 0. The van der Waals surface area contributed by atoms with Gasteiger partial charge in [-0.3, -0.25) is 14.5 Å². The largest absolute Gasteiger partial charge is 0.481 e. The fourth-order valence-electron chi connectivity index (χ4n) is 3.70. The zero-order valence-electron chi connectivity index (χ0n) is 13.4. The lowest BCUT2D eigenvalue weighted by atomic mass is 9.81. The molecular weight excluding hydrogens is 268 g/mol. The quantitative estimate of drug-likeness (QED) is 0.810. The molecule has 1 saturated carbocycles. The molecule has 2 rings (SSSR count). The highest BCUT2D eigenvalue weighted by Crippen LogP contribution is 2.48. The molecule has 2 fully saturated rings. The maximum atomic E-state index is 12.0. The highest BCUT2D eigenvalue weighted by Gasteiger charge is 2.54. The SMILES string of the molecule is CC(C)(C)CCNC(=O)CN1C[C@@H]2CCC[C@@]2(C(=O)O)C1. The predicted molar refractivity (Wildman–Crippen MR) is 80.9 cm³/mol. The van der Waals surface area contributed by atoms with Gasteiger partial charge in [-0.1, -0.05) is 27.2 Å². The van der Waals surface area contributed by atoms with Crippen molar-refractivity contribution in [3.63, 3.8) is 0 Å². The molecule has 0 radical (unpaired) electrons. The molecule has 5 heteroatoms. The smallest absolute Gasteiger partial charge is 0.311 e. The lowest BCUT2D eigenvalue weighted by molar-refractivity contribution is -0.149. The van der Waals surface area contributed by atoms with Crippen molar-refractivity contribution in [1.82, 2.24) is 10.2 Å². The Morgan fingerprint density at radius 3 is 2.67 bits per heavy atom. The van der Waals surface area contributed by atoms with Gasteiger partial charge in [0.15, 0.2) is 0 Å². The van der Waals surface area contributed by atoms with Gasteiger partial charge >= 0.3 is 5.97 Å². The summed E-state index contributed by atoms with van der Waals surface area (Å²) in [5.74, 6) is -0.447. The van der Waals surface area contributed by atoms with E-state index in [0.717, 1.165) is 32.2 Å². The van der Waals surface area contributed by atoms with Crippen molar-refractivity contribution < 1.29 is 14.7 Å². The van der Waals surface area contributed by atoms with Gasteiger partial charge in [0, 0.05) is 19.6 Å². The number of carboxylic acid groups (broad SMARTS) is 1. The monoisotopic (exact) mass is 296 g/mol. The second-order valence-electron chi connectivity index (χ2n) is 7.88. The van der Waals surface area contributed by atoms with Crippen molar-refractivity contribution in [2.24, 2.45) is 16.7 Å². The van der Waals surface area contributed by atoms with Crippen molar-refractivity contribution in [3.05, 3.63) is 0 Å². The van der Waals surface area contributed by atoms with Crippen molar-refractivity contribution in [2.75, 3.05) is 26.2 Å². The molecule has 0 aromatic carbocycles. The Bertz CT molecular complexity index is 416. The Kier molecular flexibility index (Phi) is 4.61. The number of carbonyl (C=O) groups excluding carboxylic acids is 1. The Labute approximate surface area is 127 Å². The first kappa shape index (κ1) is 16.3. The van der Waals surface area contributed by atoms with Gasteiger partial charge < -0.3 is 10.4 Å². The van der Waals surface area contributed by atoms with Crippen LogP contribution in [0.25, 0.3) is 0 Å². The minimum Gasteiger partial charge on any atom is -0.481 e. The first-order chi connectivity index (χ1) is 9.73. The third-order valence-electron chi connectivity index (χ3n) is 4.93. The van der Waals surface area contributed by atoms with Gasteiger partial charge in [0.1, 0.15) is 0 Å². The highest BCUT2D eigenvalue weighted by molar-refractivity contribution is 5.79. The molecule has 0 unspecified atom stereocenters. The van der Waals surface area contributed by atoms with Gasteiger partial charge in [0.2, 0.25) is 5.91 Å². The number of amides is 1. The molecular formula is C16H28N2O3. The average Bonchev–Trinajstić information content (AvgIpc) is 2.84. The molecule has 0 aromatic rings. The molecule has 21 heavy (non-hydrogen) atoms. The minimum absolute atomic E-state index is 0.0137. The Morgan fingerprint density at radius 1 is 1.38 bits per heavy atom. The number of hydrogen-bond acceptors (Lipinski definition) is 3. The first-order valence-electron chi connectivity index (χ1n) is 7.95. The van der Waals surface area contributed by atoms with Crippen LogP contribution >= 0.6 is 0 Å². The summed E-state index contributed by atoms with van der Waals surface area (Å²) >= 11 is 0. The highest BCUT2D eigenvalue weighted by atomic mass is 16.4. The third-order valence-corrected chi connectivity index (χ3v) is 4.93. The number of nitrogens with zero attached hydrogens (tertiary/aromatic N) is 1. The number of carbonyl (C=O) groups is 2. The summed E-state index contributed by atoms with van der Waals surface area (Å²) in [4.78, 5) is 25.6. The van der Waals surface area contributed by atoms with E-state index in [1.807, 2.05) is 4.90 Å². The standard InChI is InChI=1S/C16H28N2O3/c1-15(2,3)7-8-17-13(19)10-18-9-12-5-4-6-16(12,11-18)14(20)21/h12H,4-11H2,1-3H3,(H,17,19)(H,20,21)/t12-,16+/m0/s1. The molecule has 1 amide bonds. The van der Waals surface area contributed by atoms with E-state index < -0.39 is 11.4 Å². The fraction of sp³-hybridized carbons (Fsp3) is 0.875. The molecule has 2 aliphatic rings. The van der Waals surface area contributed by atoms with Gasteiger partial charge in [0.05, 0.1) is 12.0 Å². The topological polar surface area (TPSA) is 69.6 Å². The van der Waals surface area contributed by atoms with Crippen LogP contribution < -0.4 is 5.32 Å². The van der Waals surface area contributed by atoms with Crippen molar-refractivity contribution in [2.45, 2.75) is 46.5 Å². The fourth-order valence-corrected chi connectivity index (χ4v) is 3.70. The maximum Gasteiger partial charge on any atom is 0.311 e. The van der Waals surface area contributed by atoms with E-state index in [4.69, 9.17) is 0 Å². The molecule has 0 bridgehead atoms. The summed E-state index contributed by atoms with van der Waals surface area (Å²) in [5.41, 5.74) is -0.378. The molecule has 5 nitrogen and oxygen atoms in total. The van der Waals surface area contributed by atoms with Crippen LogP contribution in [-0.4, -0.2) is 48.1 Å². The van der Waals surface area contributed by atoms with Crippen LogP contribution in [0.2, 0.25) is 0 Å². The third kappa shape index (κ3) is 3.76. The predicted octanol–water partition coefficient (Wildman–Crippen LogP) is 1.73. The van der Waals surface area contributed by atoms with Crippen molar-refractivity contribution >= 4 is 11.9 Å². The Hall–Kier alpha value is -1.10. The van der Waals surface area contributed by atoms with Crippen LogP contribution in [0.3, 0.4) is 0 Å². The molecule has 1 saturated heterocycles. The molecule has 1 heterocycles. The molecule has 1 aliphatic carbocycles.